The molecule has 0 aliphatic carbocycles. The second-order valence-electron chi connectivity index (χ2n) is 4.04. The zero-order chi connectivity index (χ0) is 15.8. The first-order valence-corrected chi connectivity index (χ1v) is 6.91. The summed E-state index contributed by atoms with van der Waals surface area (Å²) < 4.78 is 77.5. The number of benzene rings is 2. The molecule has 0 aliphatic heterocycles. The van der Waals surface area contributed by atoms with Crippen LogP contribution in [0.15, 0.2) is 35.2 Å². The van der Waals surface area contributed by atoms with E-state index in [4.69, 9.17) is 5.73 Å². The van der Waals surface area contributed by atoms with Crippen molar-refractivity contribution in [2.45, 2.75) is 4.90 Å². The second-order valence-corrected chi connectivity index (χ2v) is 5.69. The molecule has 112 valence electrons. The summed E-state index contributed by atoms with van der Waals surface area (Å²) in [6, 6.07) is 3.46. The first-order chi connectivity index (χ1) is 9.70. The highest BCUT2D eigenvalue weighted by molar-refractivity contribution is 7.92. The third-order valence-electron chi connectivity index (χ3n) is 2.50. The summed E-state index contributed by atoms with van der Waals surface area (Å²) in [6.07, 6.45) is 0. The highest BCUT2D eigenvalue weighted by atomic mass is 32.2. The fourth-order valence-corrected chi connectivity index (χ4v) is 2.74. The van der Waals surface area contributed by atoms with Crippen molar-refractivity contribution in [3.63, 3.8) is 0 Å². The Balaban J connectivity index is 2.42. The van der Waals surface area contributed by atoms with Gasteiger partial charge in [0.15, 0.2) is 17.5 Å². The molecule has 2 aromatic rings. The summed E-state index contributed by atoms with van der Waals surface area (Å²) >= 11 is 0. The van der Waals surface area contributed by atoms with Crippen molar-refractivity contribution in [2.75, 3.05) is 10.5 Å². The minimum Gasteiger partial charge on any atom is -0.398 e. The van der Waals surface area contributed by atoms with Crippen molar-refractivity contribution in [2.24, 2.45) is 0 Å². The Kier molecular flexibility index (Phi) is 3.77. The lowest BCUT2D eigenvalue weighted by Gasteiger charge is -2.10. The number of anilines is 2. The van der Waals surface area contributed by atoms with E-state index < -0.39 is 43.9 Å². The molecule has 0 aromatic heterocycles. The van der Waals surface area contributed by atoms with Crippen molar-refractivity contribution in [3.8, 4) is 0 Å². The molecule has 0 bridgehead atoms. The molecule has 0 amide bonds. The SMILES string of the molecule is Nc1cc(F)ccc1S(=O)(=O)Nc1cc(F)c(F)c(F)c1. The summed E-state index contributed by atoms with van der Waals surface area (Å²) in [5.41, 5.74) is 4.46. The molecule has 4 nitrogen and oxygen atoms in total. The standard InChI is InChI=1S/C12H8F4N2O2S/c13-6-1-2-11(10(17)3-6)21(19,20)18-7-4-8(14)12(16)9(15)5-7/h1-5,18H,17H2. The summed E-state index contributed by atoms with van der Waals surface area (Å²) in [6.45, 7) is 0. The van der Waals surface area contributed by atoms with Gasteiger partial charge in [-0.1, -0.05) is 0 Å². The van der Waals surface area contributed by atoms with Crippen LogP contribution in [0.25, 0.3) is 0 Å². The van der Waals surface area contributed by atoms with E-state index in [0.29, 0.717) is 12.1 Å². The predicted molar refractivity (Wildman–Crippen MR) is 67.9 cm³/mol. The first-order valence-electron chi connectivity index (χ1n) is 5.43. The van der Waals surface area contributed by atoms with Crippen LogP contribution >= 0.6 is 0 Å². The van der Waals surface area contributed by atoms with E-state index in [1.165, 1.54) is 0 Å². The molecule has 0 atom stereocenters. The molecule has 2 aromatic carbocycles. The van der Waals surface area contributed by atoms with Crippen LogP contribution in [0, 0.1) is 23.3 Å². The van der Waals surface area contributed by atoms with E-state index in [-0.39, 0.29) is 5.69 Å². The van der Waals surface area contributed by atoms with Crippen LogP contribution in [-0.4, -0.2) is 8.42 Å². The zero-order valence-electron chi connectivity index (χ0n) is 10.2. The van der Waals surface area contributed by atoms with Gasteiger partial charge in [-0.05, 0) is 18.2 Å². The molecule has 0 heterocycles. The van der Waals surface area contributed by atoms with E-state index in [1.54, 1.807) is 0 Å². The third-order valence-corrected chi connectivity index (χ3v) is 3.95. The molecule has 9 heteroatoms. The van der Waals surface area contributed by atoms with E-state index in [0.717, 1.165) is 18.2 Å². The molecule has 0 radical (unpaired) electrons. The van der Waals surface area contributed by atoms with Gasteiger partial charge < -0.3 is 5.73 Å². The minimum atomic E-state index is -4.30. The maximum Gasteiger partial charge on any atom is 0.263 e. The quantitative estimate of drug-likeness (QED) is 0.519. The lowest BCUT2D eigenvalue weighted by molar-refractivity contribution is 0.448. The maximum absolute atomic E-state index is 13.0. The van der Waals surface area contributed by atoms with Crippen LogP contribution in [0.1, 0.15) is 0 Å². The Bertz CT molecular complexity index is 786. The second kappa shape index (κ2) is 5.24. The van der Waals surface area contributed by atoms with Crippen LogP contribution in [-0.2, 0) is 10.0 Å². The van der Waals surface area contributed by atoms with Crippen LogP contribution in [0.3, 0.4) is 0 Å². The molecule has 0 saturated heterocycles. The van der Waals surface area contributed by atoms with Crippen molar-refractivity contribution < 1.29 is 26.0 Å². The minimum absolute atomic E-state index is 0.384. The normalized spacial score (nSPS) is 11.4. The van der Waals surface area contributed by atoms with Crippen LogP contribution in [0.2, 0.25) is 0 Å². The van der Waals surface area contributed by atoms with Gasteiger partial charge in [-0.3, -0.25) is 4.72 Å². The van der Waals surface area contributed by atoms with Crippen molar-refractivity contribution in [3.05, 3.63) is 53.6 Å². The number of hydrogen-bond donors (Lipinski definition) is 2. The molecule has 21 heavy (non-hydrogen) atoms. The molecule has 0 saturated carbocycles. The van der Waals surface area contributed by atoms with Crippen molar-refractivity contribution in [1.82, 2.24) is 0 Å². The maximum atomic E-state index is 13.0. The van der Waals surface area contributed by atoms with Gasteiger partial charge in [0.2, 0.25) is 0 Å². The average molecular weight is 320 g/mol. The van der Waals surface area contributed by atoms with Crippen LogP contribution in [0.4, 0.5) is 28.9 Å². The lowest BCUT2D eigenvalue weighted by atomic mass is 10.3. The number of nitrogen functional groups attached to an aromatic ring is 1. The molecular weight excluding hydrogens is 312 g/mol. The summed E-state index contributed by atoms with van der Waals surface area (Å²) in [7, 11) is -4.30. The number of halogens is 4. The Hall–Kier alpha value is -2.29. The predicted octanol–water partition coefficient (Wildman–Crippen LogP) is 2.63. The van der Waals surface area contributed by atoms with Crippen LogP contribution in [0.5, 0.6) is 0 Å². The number of nitrogens with two attached hydrogens (primary N) is 1. The fraction of sp³-hybridized carbons (Fsp3) is 0. The Morgan fingerprint density at radius 3 is 2.05 bits per heavy atom. The molecule has 0 spiro atoms. The number of hydrogen-bond acceptors (Lipinski definition) is 3. The van der Waals surface area contributed by atoms with Gasteiger partial charge in [0.25, 0.3) is 10.0 Å². The Morgan fingerprint density at radius 1 is 0.952 bits per heavy atom. The van der Waals surface area contributed by atoms with Gasteiger partial charge in [-0.15, -0.1) is 0 Å². The van der Waals surface area contributed by atoms with Gasteiger partial charge in [0, 0.05) is 12.1 Å². The van der Waals surface area contributed by atoms with Gasteiger partial charge in [-0.2, -0.15) is 0 Å². The highest BCUT2D eigenvalue weighted by Crippen LogP contribution is 2.24. The third kappa shape index (κ3) is 3.07. The topological polar surface area (TPSA) is 72.2 Å². The molecular formula is C12H8F4N2O2S. The van der Waals surface area contributed by atoms with E-state index in [2.05, 4.69) is 0 Å². The summed E-state index contributed by atoms with van der Waals surface area (Å²) in [5.74, 6) is -5.58. The van der Waals surface area contributed by atoms with Crippen molar-refractivity contribution >= 4 is 21.4 Å². The highest BCUT2D eigenvalue weighted by Gasteiger charge is 2.20. The van der Waals surface area contributed by atoms with E-state index in [9.17, 15) is 26.0 Å². The summed E-state index contributed by atoms with van der Waals surface area (Å²) in [4.78, 5) is -0.478. The zero-order valence-corrected chi connectivity index (χ0v) is 11.0. The van der Waals surface area contributed by atoms with E-state index >= 15 is 0 Å². The number of nitrogens with one attached hydrogen (secondary N) is 1. The van der Waals surface area contributed by atoms with Gasteiger partial charge in [0.1, 0.15) is 10.7 Å². The number of rotatable bonds is 3. The first kappa shape index (κ1) is 15.1. The lowest BCUT2D eigenvalue weighted by Crippen LogP contribution is -2.15. The molecule has 0 aliphatic rings. The van der Waals surface area contributed by atoms with Crippen molar-refractivity contribution in [1.29, 1.82) is 0 Å². The molecule has 0 unspecified atom stereocenters. The molecule has 2 rings (SSSR count). The Morgan fingerprint density at radius 2 is 1.52 bits per heavy atom. The fourth-order valence-electron chi connectivity index (χ4n) is 1.59. The molecule has 0 fully saturated rings. The number of sulfonamides is 1. The smallest absolute Gasteiger partial charge is 0.263 e. The van der Waals surface area contributed by atoms with Crippen LogP contribution < -0.4 is 10.5 Å². The Labute approximate surface area is 117 Å². The molecule has 3 N–H and O–H groups in total. The average Bonchev–Trinajstić information content (AvgIpc) is 2.34. The van der Waals surface area contributed by atoms with E-state index in [1.807, 2.05) is 4.72 Å². The van der Waals surface area contributed by atoms with Gasteiger partial charge in [0.05, 0.1) is 11.4 Å². The largest absolute Gasteiger partial charge is 0.398 e. The van der Waals surface area contributed by atoms with Gasteiger partial charge in [-0.25, -0.2) is 26.0 Å². The summed E-state index contributed by atoms with van der Waals surface area (Å²) in [5, 5.41) is 0. The van der Waals surface area contributed by atoms with Gasteiger partial charge >= 0.3 is 0 Å². The monoisotopic (exact) mass is 320 g/mol.